The Hall–Kier alpha value is -3.33. The van der Waals surface area contributed by atoms with Crippen LogP contribution in [0.1, 0.15) is 18.1 Å². The van der Waals surface area contributed by atoms with E-state index in [1.165, 1.54) is 22.0 Å². The molecule has 38 heavy (non-hydrogen) atoms. The van der Waals surface area contributed by atoms with E-state index in [9.17, 15) is 4.79 Å². The van der Waals surface area contributed by atoms with E-state index in [0.717, 1.165) is 21.0 Å². The number of amides is 1. The molecule has 1 aliphatic heterocycles. The molecule has 1 heterocycles. The normalized spacial score (nSPS) is 14.4. The fraction of sp³-hybridized carbons (Fsp3) is 0.133. The average molecular weight is 607 g/mol. The zero-order valence-corrected chi connectivity index (χ0v) is 24.0. The second kappa shape index (κ2) is 11.6. The number of hydrogen-bond donors (Lipinski definition) is 0. The molecule has 1 aliphatic rings. The van der Waals surface area contributed by atoms with Crippen molar-refractivity contribution in [3.63, 3.8) is 0 Å². The minimum absolute atomic E-state index is 0.199. The topological polar surface area (TPSA) is 48.0 Å². The number of thiocarbonyl (C=S) groups is 1. The van der Waals surface area contributed by atoms with Gasteiger partial charge in [-0.2, -0.15) is 0 Å². The number of benzene rings is 4. The molecular weight excluding hydrogens is 582 g/mol. The van der Waals surface area contributed by atoms with Gasteiger partial charge in [-0.1, -0.05) is 78.6 Å². The van der Waals surface area contributed by atoms with Crippen LogP contribution in [0.4, 0.5) is 5.69 Å². The fourth-order valence-electron chi connectivity index (χ4n) is 4.28. The van der Waals surface area contributed by atoms with Gasteiger partial charge in [0.15, 0.2) is 15.8 Å². The Morgan fingerprint density at radius 1 is 0.974 bits per heavy atom. The molecule has 1 saturated heterocycles. The van der Waals surface area contributed by atoms with Gasteiger partial charge in [-0.15, -0.1) is 0 Å². The number of carbonyl (C=O) groups excluding carboxylic acids is 1. The van der Waals surface area contributed by atoms with Crippen molar-refractivity contribution in [3.8, 4) is 17.2 Å². The monoisotopic (exact) mass is 605 g/mol. The molecular formula is C30H24BrNO4S2. The summed E-state index contributed by atoms with van der Waals surface area (Å²) in [6, 6.07) is 25.5. The van der Waals surface area contributed by atoms with Crippen molar-refractivity contribution in [3.05, 3.63) is 99.4 Å². The van der Waals surface area contributed by atoms with Gasteiger partial charge in [-0.25, -0.2) is 0 Å². The number of thioether (sulfide) groups is 1. The molecule has 0 atom stereocenters. The molecule has 0 radical (unpaired) electrons. The Kier molecular flexibility index (Phi) is 8.02. The average Bonchev–Trinajstić information content (AvgIpc) is 3.20. The summed E-state index contributed by atoms with van der Waals surface area (Å²) in [5.74, 6) is 1.58. The van der Waals surface area contributed by atoms with E-state index in [0.29, 0.717) is 45.4 Å². The van der Waals surface area contributed by atoms with Crippen molar-refractivity contribution in [1.29, 1.82) is 0 Å². The van der Waals surface area contributed by atoms with Crippen molar-refractivity contribution in [2.45, 2.75) is 13.5 Å². The SMILES string of the molecule is CCOc1cc(/C=C2/SC(=S)N(c3ccccc3OC)C2=O)cc(Br)c1OCc1cccc2ccccc12. The summed E-state index contributed by atoms with van der Waals surface area (Å²) in [6.07, 6.45) is 1.82. The Bertz CT molecular complexity index is 1560. The molecule has 0 bridgehead atoms. The maximum absolute atomic E-state index is 13.3. The molecule has 192 valence electrons. The van der Waals surface area contributed by atoms with Gasteiger partial charge in [-0.05, 0) is 75.1 Å². The first-order chi connectivity index (χ1) is 18.5. The van der Waals surface area contributed by atoms with Crippen LogP contribution < -0.4 is 19.1 Å². The van der Waals surface area contributed by atoms with Crippen LogP contribution >= 0.6 is 39.9 Å². The van der Waals surface area contributed by atoms with E-state index in [-0.39, 0.29) is 5.91 Å². The van der Waals surface area contributed by atoms with E-state index < -0.39 is 0 Å². The number of methoxy groups -OCH3 is 1. The maximum atomic E-state index is 13.3. The smallest absolute Gasteiger partial charge is 0.270 e. The number of hydrogen-bond acceptors (Lipinski definition) is 6. The van der Waals surface area contributed by atoms with Gasteiger partial charge in [0, 0.05) is 0 Å². The van der Waals surface area contributed by atoms with Gasteiger partial charge >= 0.3 is 0 Å². The highest BCUT2D eigenvalue weighted by Gasteiger charge is 2.35. The number of anilines is 1. The molecule has 4 aromatic carbocycles. The van der Waals surface area contributed by atoms with Gasteiger partial charge < -0.3 is 14.2 Å². The van der Waals surface area contributed by atoms with Gasteiger partial charge in [0.25, 0.3) is 5.91 Å². The third-order valence-electron chi connectivity index (χ3n) is 6.00. The number of carbonyl (C=O) groups is 1. The van der Waals surface area contributed by atoms with Crippen molar-refractivity contribution in [1.82, 2.24) is 0 Å². The van der Waals surface area contributed by atoms with Gasteiger partial charge in [-0.3, -0.25) is 9.69 Å². The van der Waals surface area contributed by atoms with E-state index in [2.05, 4.69) is 40.2 Å². The van der Waals surface area contributed by atoms with Crippen molar-refractivity contribution in [2.24, 2.45) is 0 Å². The third-order valence-corrected chi connectivity index (χ3v) is 7.89. The zero-order chi connectivity index (χ0) is 26.6. The molecule has 1 amide bonds. The van der Waals surface area contributed by atoms with E-state index in [4.69, 9.17) is 26.4 Å². The molecule has 0 aromatic heterocycles. The summed E-state index contributed by atoms with van der Waals surface area (Å²) in [5, 5.41) is 2.32. The minimum Gasteiger partial charge on any atom is -0.495 e. The van der Waals surface area contributed by atoms with Gasteiger partial charge in [0.2, 0.25) is 0 Å². The molecule has 4 aromatic rings. The lowest BCUT2D eigenvalue weighted by molar-refractivity contribution is -0.113. The fourth-order valence-corrected chi connectivity index (χ4v) is 6.14. The standard InChI is InChI=1S/C30H24BrNO4S2/c1-3-35-26-16-19(17-27-29(33)32(30(37)38-27)24-13-6-7-14-25(24)34-2)15-23(31)28(26)36-18-21-11-8-10-20-9-4-5-12-22(20)21/h4-17H,3,18H2,1-2H3/b27-17+. The predicted octanol–water partition coefficient (Wildman–Crippen LogP) is 7.99. The van der Waals surface area contributed by atoms with Crippen LogP contribution in [0.25, 0.3) is 16.8 Å². The first-order valence-electron chi connectivity index (χ1n) is 12.0. The molecule has 5 nitrogen and oxygen atoms in total. The molecule has 0 aliphatic carbocycles. The number of fused-ring (bicyclic) bond motifs is 1. The highest BCUT2D eigenvalue weighted by atomic mass is 79.9. The van der Waals surface area contributed by atoms with Crippen molar-refractivity contribution >= 4 is 72.7 Å². The zero-order valence-electron chi connectivity index (χ0n) is 20.8. The summed E-state index contributed by atoms with van der Waals surface area (Å²) >= 11 is 10.5. The largest absolute Gasteiger partial charge is 0.495 e. The number of ether oxygens (including phenoxy) is 3. The maximum Gasteiger partial charge on any atom is 0.270 e. The minimum atomic E-state index is -0.199. The van der Waals surface area contributed by atoms with Gasteiger partial charge in [0.1, 0.15) is 12.4 Å². The number of nitrogens with zero attached hydrogens (tertiary/aromatic N) is 1. The molecule has 1 fully saturated rings. The van der Waals surface area contributed by atoms with E-state index >= 15 is 0 Å². The Balaban J connectivity index is 1.43. The lowest BCUT2D eigenvalue weighted by Crippen LogP contribution is -2.27. The third kappa shape index (κ3) is 5.29. The van der Waals surface area contributed by atoms with Crippen LogP contribution in [0.5, 0.6) is 17.2 Å². The van der Waals surface area contributed by atoms with E-state index in [1.54, 1.807) is 13.2 Å². The lowest BCUT2D eigenvalue weighted by atomic mass is 10.1. The summed E-state index contributed by atoms with van der Waals surface area (Å²) < 4.78 is 18.8. The van der Waals surface area contributed by atoms with Crippen LogP contribution in [-0.4, -0.2) is 23.9 Å². The van der Waals surface area contributed by atoms with Crippen LogP contribution in [0.3, 0.4) is 0 Å². The molecule has 0 spiro atoms. The molecule has 8 heteroatoms. The summed E-state index contributed by atoms with van der Waals surface area (Å²) in [5.41, 5.74) is 2.49. The number of para-hydroxylation sites is 2. The number of halogens is 1. The van der Waals surface area contributed by atoms with Crippen LogP contribution in [0.15, 0.2) is 88.2 Å². The molecule has 0 N–H and O–H groups in total. The number of rotatable bonds is 8. The highest BCUT2D eigenvalue weighted by Crippen LogP contribution is 2.42. The van der Waals surface area contributed by atoms with Crippen LogP contribution in [0, 0.1) is 0 Å². The summed E-state index contributed by atoms with van der Waals surface area (Å²) in [6.45, 7) is 2.78. The Morgan fingerprint density at radius 3 is 2.55 bits per heavy atom. The first kappa shape index (κ1) is 26.3. The molecule has 0 unspecified atom stereocenters. The van der Waals surface area contributed by atoms with Crippen molar-refractivity contribution < 1.29 is 19.0 Å². The predicted molar refractivity (Wildman–Crippen MR) is 162 cm³/mol. The van der Waals surface area contributed by atoms with E-state index in [1.807, 2.05) is 61.5 Å². The van der Waals surface area contributed by atoms with Crippen LogP contribution in [-0.2, 0) is 11.4 Å². The second-order valence-electron chi connectivity index (χ2n) is 8.38. The molecule has 5 rings (SSSR count). The Labute approximate surface area is 239 Å². The van der Waals surface area contributed by atoms with Crippen LogP contribution in [0.2, 0.25) is 0 Å². The van der Waals surface area contributed by atoms with Crippen molar-refractivity contribution in [2.75, 3.05) is 18.6 Å². The second-order valence-corrected chi connectivity index (χ2v) is 10.9. The summed E-state index contributed by atoms with van der Waals surface area (Å²) in [4.78, 5) is 15.4. The van der Waals surface area contributed by atoms with Gasteiger partial charge in [0.05, 0.1) is 28.8 Å². The quantitative estimate of drug-likeness (QED) is 0.150. The first-order valence-corrected chi connectivity index (χ1v) is 14.0. The lowest BCUT2D eigenvalue weighted by Gasteiger charge is -2.17. The Morgan fingerprint density at radius 2 is 1.74 bits per heavy atom. The summed E-state index contributed by atoms with van der Waals surface area (Å²) in [7, 11) is 1.57. The highest BCUT2D eigenvalue weighted by molar-refractivity contribution is 9.10. The molecule has 0 saturated carbocycles.